The van der Waals surface area contributed by atoms with Crippen molar-refractivity contribution in [3.05, 3.63) is 0 Å². The Morgan fingerprint density at radius 1 is 0.480 bits per heavy atom. The quantitative estimate of drug-likeness (QED) is 0.244. The largest absolute Gasteiger partial charge is 0.311 e. The maximum Gasteiger partial charge on any atom is 0.0237 e. The van der Waals surface area contributed by atoms with E-state index in [1.165, 1.54) is 103 Å². The molecule has 0 aromatic carbocycles. The van der Waals surface area contributed by atoms with E-state index < -0.39 is 0 Å². The molecule has 0 aromatic heterocycles. The predicted molar refractivity (Wildman–Crippen MR) is 116 cm³/mol. The first-order valence-electron chi connectivity index (χ1n) is 11.9. The van der Waals surface area contributed by atoms with Crippen LogP contribution in [0.3, 0.4) is 0 Å². The van der Waals surface area contributed by atoms with Crippen LogP contribution in [0.4, 0.5) is 0 Å². The molecule has 152 valence electrons. The normalized spacial score (nSPS) is 12.7. The molecule has 0 radical (unpaired) electrons. The summed E-state index contributed by atoms with van der Waals surface area (Å²) in [5.74, 6) is 0. The summed E-state index contributed by atoms with van der Waals surface area (Å²) in [5, 5.41) is 4.19. The minimum Gasteiger partial charge on any atom is -0.311 e. The molecule has 0 spiro atoms. The zero-order valence-electron chi connectivity index (χ0n) is 18.8. The van der Waals surface area contributed by atoms with Crippen molar-refractivity contribution in [3.8, 4) is 0 Å². The van der Waals surface area contributed by atoms with Gasteiger partial charge in [0, 0.05) is 5.54 Å². The first-order chi connectivity index (χ1) is 12.1. The lowest BCUT2D eigenvalue weighted by Crippen LogP contribution is -2.58. The maximum absolute atomic E-state index is 4.19. The minimum atomic E-state index is 0.365. The van der Waals surface area contributed by atoms with E-state index >= 15 is 0 Å². The van der Waals surface area contributed by atoms with Crippen molar-refractivity contribution < 1.29 is 0 Å². The fourth-order valence-corrected chi connectivity index (χ4v) is 5.32. The average molecular weight is 354 g/mol. The van der Waals surface area contributed by atoms with Crippen LogP contribution in [0.1, 0.15) is 138 Å². The molecule has 0 amide bonds. The summed E-state index contributed by atoms with van der Waals surface area (Å²) in [6, 6.07) is 0. The highest BCUT2D eigenvalue weighted by molar-refractivity contribution is 5.04. The fraction of sp³-hybridized carbons (Fsp3) is 1.00. The smallest absolute Gasteiger partial charge is 0.0237 e. The number of unbranched alkanes of at least 4 members (excludes halogenated alkanes) is 4. The number of hydrogen-bond donors (Lipinski definition) is 1. The van der Waals surface area contributed by atoms with Crippen LogP contribution in [-0.2, 0) is 0 Å². The van der Waals surface area contributed by atoms with Crippen molar-refractivity contribution in [2.75, 3.05) is 6.54 Å². The zero-order valence-corrected chi connectivity index (χ0v) is 18.8. The molecule has 0 unspecified atom stereocenters. The maximum atomic E-state index is 4.19. The molecule has 0 aliphatic carbocycles. The van der Waals surface area contributed by atoms with Gasteiger partial charge in [0.25, 0.3) is 0 Å². The summed E-state index contributed by atoms with van der Waals surface area (Å²) in [6.45, 7) is 15.5. The van der Waals surface area contributed by atoms with E-state index in [4.69, 9.17) is 0 Å². The molecular weight excluding hydrogens is 302 g/mol. The van der Waals surface area contributed by atoms with Crippen LogP contribution in [-0.4, -0.2) is 12.1 Å². The first-order valence-corrected chi connectivity index (χ1v) is 11.9. The second-order valence-corrected chi connectivity index (χ2v) is 8.45. The Morgan fingerprint density at radius 3 is 1.44 bits per heavy atom. The Hall–Kier alpha value is -0.0400. The molecule has 0 heterocycles. The fourth-order valence-electron chi connectivity index (χ4n) is 5.32. The van der Waals surface area contributed by atoms with Gasteiger partial charge in [0.2, 0.25) is 0 Å². The lowest BCUT2D eigenvalue weighted by Gasteiger charge is -2.53. The van der Waals surface area contributed by atoms with E-state index in [0.29, 0.717) is 11.0 Å². The highest BCUT2D eigenvalue weighted by atomic mass is 15.0. The molecule has 0 saturated heterocycles. The Labute approximate surface area is 161 Å². The van der Waals surface area contributed by atoms with Gasteiger partial charge < -0.3 is 5.32 Å². The molecule has 0 aromatic rings. The summed E-state index contributed by atoms with van der Waals surface area (Å²) in [5.41, 5.74) is 0.869. The van der Waals surface area contributed by atoms with Gasteiger partial charge in [-0.2, -0.15) is 0 Å². The zero-order chi connectivity index (χ0) is 19.0. The van der Waals surface area contributed by atoms with Gasteiger partial charge in [-0.3, -0.25) is 0 Å². The van der Waals surface area contributed by atoms with Gasteiger partial charge in [0.05, 0.1) is 0 Å². The summed E-state index contributed by atoms with van der Waals surface area (Å²) in [6.07, 6.45) is 20.5. The second-order valence-electron chi connectivity index (χ2n) is 8.45. The topological polar surface area (TPSA) is 12.0 Å². The van der Waals surface area contributed by atoms with Gasteiger partial charge >= 0.3 is 0 Å². The van der Waals surface area contributed by atoms with Crippen molar-refractivity contribution in [1.29, 1.82) is 0 Å². The van der Waals surface area contributed by atoms with Crippen LogP contribution in [0.15, 0.2) is 0 Å². The van der Waals surface area contributed by atoms with Gasteiger partial charge in [-0.05, 0) is 50.5 Å². The number of nitrogens with one attached hydrogen (secondary N) is 1. The lowest BCUT2D eigenvalue weighted by atomic mass is 9.58. The molecule has 1 nitrogen and oxygen atoms in total. The molecule has 0 aliphatic heterocycles. The van der Waals surface area contributed by atoms with E-state index in [9.17, 15) is 0 Å². The predicted octanol–water partition coefficient (Wildman–Crippen LogP) is 8.27. The Bertz CT molecular complexity index is 272. The third-order valence-electron chi connectivity index (χ3n) is 6.33. The Kier molecular flexibility index (Phi) is 15.0. The molecule has 0 bridgehead atoms. The van der Waals surface area contributed by atoms with Crippen LogP contribution in [0.5, 0.6) is 0 Å². The van der Waals surface area contributed by atoms with Gasteiger partial charge in [0.1, 0.15) is 0 Å². The third kappa shape index (κ3) is 8.02. The van der Waals surface area contributed by atoms with E-state index in [1.807, 2.05) is 0 Å². The van der Waals surface area contributed by atoms with E-state index in [0.717, 1.165) is 0 Å². The molecule has 25 heavy (non-hydrogen) atoms. The summed E-state index contributed by atoms with van der Waals surface area (Å²) >= 11 is 0. The lowest BCUT2D eigenvalue weighted by molar-refractivity contribution is 0.0270. The molecule has 0 rings (SSSR count). The summed E-state index contributed by atoms with van der Waals surface area (Å²) < 4.78 is 0. The van der Waals surface area contributed by atoms with E-state index in [1.54, 1.807) is 0 Å². The van der Waals surface area contributed by atoms with Crippen molar-refractivity contribution in [2.45, 2.75) is 143 Å². The molecular formula is C24H51N. The number of hydrogen-bond acceptors (Lipinski definition) is 1. The van der Waals surface area contributed by atoms with Crippen molar-refractivity contribution in [1.82, 2.24) is 5.32 Å². The Balaban J connectivity index is 5.61. The molecule has 0 atom stereocenters. The first kappa shape index (κ1) is 25.0. The van der Waals surface area contributed by atoms with Gasteiger partial charge in [-0.25, -0.2) is 0 Å². The van der Waals surface area contributed by atoms with Gasteiger partial charge in [-0.15, -0.1) is 0 Å². The van der Waals surface area contributed by atoms with Crippen LogP contribution in [0.25, 0.3) is 0 Å². The summed E-state index contributed by atoms with van der Waals surface area (Å²) in [4.78, 5) is 0. The third-order valence-corrected chi connectivity index (χ3v) is 6.33. The molecule has 0 aliphatic rings. The minimum absolute atomic E-state index is 0.365. The van der Waals surface area contributed by atoms with Crippen LogP contribution >= 0.6 is 0 Å². The van der Waals surface area contributed by atoms with E-state index in [2.05, 4.69) is 46.9 Å². The monoisotopic (exact) mass is 353 g/mol. The highest BCUT2D eigenvalue weighted by Gasteiger charge is 2.47. The van der Waals surface area contributed by atoms with Crippen molar-refractivity contribution in [3.63, 3.8) is 0 Å². The number of rotatable bonds is 18. The van der Waals surface area contributed by atoms with Gasteiger partial charge in [-0.1, -0.05) is 99.3 Å². The SMILES string of the molecule is CCCCCCC(CCC)(CCC)C(CCC)(CCC)NCCCC. The average Bonchev–Trinajstić information content (AvgIpc) is 2.59. The molecule has 0 saturated carbocycles. The highest BCUT2D eigenvalue weighted by Crippen LogP contribution is 2.49. The van der Waals surface area contributed by atoms with Crippen LogP contribution in [0, 0.1) is 5.41 Å². The Morgan fingerprint density at radius 2 is 1.00 bits per heavy atom. The molecule has 1 heteroatoms. The van der Waals surface area contributed by atoms with Crippen LogP contribution in [0.2, 0.25) is 0 Å². The standard InChI is InChI=1S/C24H51N/c1-7-13-15-16-21-23(17-9-3,18-10-4)24(19-11-5,20-12-6)25-22-14-8-2/h25H,7-22H2,1-6H3. The summed E-state index contributed by atoms with van der Waals surface area (Å²) in [7, 11) is 0. The van der Waals surface area contributed by atoms with Crippen molar-refractivity contribution in [2.24, 2.45) is 5.41 Å². The van der Waals surface area contributed by atoms with E-state index in [-0.39, 0.29) is 0 Å². The van der Waals surface area contributed by atoms with Gasteiger partial charge in [0.15, 0.2) is 0 Å². The van der Waals surface area contributed by atoms with Crippen LogP contribution < -0.4 is 5.32 Å². The second kappa shape index (κ2) is 15.1. The molecule has 0 fully saturated rings. The molecule has 1 N–H and O–H groups in total. The van der Waals surface area contributed by atoms with Crippen molar-refractivity contribution >= 4 is 0 Å².